The van der Waals surface area contributed by atoms with E-state index in [1.807, 2.05) is 6.92 Å². The Morgan fingerprint density at radius 3 is 2.35 bits per heavy atom. The maximum absolute atomic E-state index is 12.4. The Bertz CT molecular complexity index is 605. The Morgan fingerprint density at radius 1 is 1.22 bits per heavy atom. The zero-order valence-electron chi connectivity index (χ0n) is 14.3. The predicted octanol–water partition coefficient (Wildman–Crippen LogP) is 3.27. The van der Waals surface area contributed by atoms with Crippen molar-refractivity contribution >= 4 is 15.8 Å². The van der Waals surface area contributed by atoms with Crippen molar-refractivity contribution in [2.45, 2.75) is 64.4 Å². The largest absolute Gasteiger partial charge is 0.456 e. The minimum atomic E-state index is -3.02. The first-order valence-corrected chi connectivity index (χ1v) is 10.6. The van der Waals surface area contributed by atoms with E-state index in [0.29, 0.717) is 23.8 Å². The van der Waals surface area contributed by atoms with E-state index in [4.69, 9.17) is 4.74 Å². The second-order valence-electron chi connectivity index (χ2n) is 8.41. The van der Waals surface area contributed by atoms with Gasteiger partial charge in [-0.25, -0.2) is 13.2 Å². The second-order valence-corrected chi connectivity index (χ2v) is 10.6. The van der Waals surface area contributed by atoms with E-state index in [1.54, 1.807) is 6.92 Å². The third kappa shape index (κ3) is 3.35. The molecule has 4 saturated carbocycles. The molecule has 0 spiro atoms. The highest BCUT2D eigenvalue weighted by molar-refractivity contribution is 7.91. The van der Waals surface area contributed by atoms with E-state index in [1.165, 1.54) is 6.42 Å². The average molecular weight is 340 g/mol. The molecule has 0 amide bonds. The molecule has 4 aliphatic carbocycles. The fraction of sp³-hybridized carbons (Fsp3) is 0.833. The van der Waals surface area contributed by atoms with Gasteiger partial charge in [0, 0.05) is 11.3 Å². The summed E-state index contributed by atoms with van der Waals surface area (Å²) in [6.45, 7) is 7.26. The van der Waals surface area contributed by atoms with Crippen molar-refractivity contribution in [3.8, 4) is 0 Å². The molecule has 4 nitrogen and oxygen atoms in total. The summed E-state index contributed by atoms with van der Waals surface area (Å²) in [5.74, 6) is 1.23. The van der Waals surface area contributed by atoms with Crippen LogP contribution in [0.5, 0.6) is 0 Å². The summed E-state index contributed by atoms with van der Waals surface area (Å²) in [5.41, 5.74) is -0.191. The average Bonchev–Trinajstić information content (AvgIpc) is 2.34. The standard InChI is InChI=1S/C18H28O4S/c1-4-5-23(20,21)12-17-7-14-6-15(8-17)10-18(9-14,11-17)22-16(19)13(2)3/h14-15H,2,4-12H2,1,3H3. The van der Waals surface area contributed by atoms with Crippen LogP contribution in [0.3, 0.4) is 0 Å². The monoisotopic (exact) mass is 340 g/mol. The van der Waals surface area contributed by atoms with Gasteiger partial charge in [-0.2, -0.15) is 0 Å². The van der Waals surface area contributed by atoms with E-state index in [-0.39, 0.29) is 22.9 Å². The molecular formula is C18H28O4S. The molecular weight excluding hydrogens is 312 g/mol. The molecule has 0 heterocycles. The second kappa shape index (κ2) is 5.61. The summed E-state index contributed by atoms with van der Waals surface area (Å²) < 4.78 is 30.7. The van der Waals surface area contributed by atoms with Gasteiger partial charge in [0.25, 0.3) is 0 Å². The smallest absolute Gasteiger partial charge is 0.333 e. The van der Waals surface area contributed by atoms with E-state index >= 15 is 0 Å². The molecule has 4 aliphatic rings. The summed E-state index contributed by atoms with van der Waals surface area (Å²) in [6, 6.07) is 0. The zero-order chi connectivity index (χ0) is 16.9. The van der Waals surface area contributed by atoms with Gasteiger partial charge in [-0.15, -0.1) is 0 Å². The van der Waals surface area contributed by atoms with Crippen molar-refractivity contribution in [1.29, 1.82) is 0 Å². The van der Waals surface area contributed by atoms with Crippen molar-refractivity contribution in [3.63, 3.8) is 0 Å². The Kier molecular flexibility index (Phi) is 4.14. The zero-order valence-corrected chi connectivity index (χ0v) is 15.1. The maximum Gasteiger partial charge on any atom is 0.333 e. The van der Waals surface area contributed by atoms with Crippen LogP contribution in [-0.2, 0) is 19.4 Å². The summed E-state index contributed by atoms with van der Waals surface area (Å²) in [7, 11) is -3.02. The lowest BCUT2D eigenvalue weighted by molar-refractivity contribution is -0.194. The first-order valence-electron chi connectivity index (χ1n) is 8.76. The van der Waals surface area contributed by atoms with Crippen LogP contribution in [0.1, 0.15) is 58.8 Å². The molecule has 5 heteroatoms. The number of rotatable bonds is 6. The van der Waals surface area contributed by atoms with Crippen molar-refractivity contribution in [3.05, 3.63) is 12.2 Å². The molecule has 0 aromatic carbocycles. The fourth-order valence-corrected chi connectivity index (χ4v) is 7.82. The SMILES string of the molecule is C=C(C)C(=O)OC12CC3CC(CC(CS(=O)(=O)CCC)(C3)C1)C2. The van der Waals surface area contributed by atoms with Crippen LogP contribution < -0.4 is 0 Å². The van der Waals surface area contributed by atoms with Gasteiger partial charge in [-0.3, -0.25) is 0 Å². The van der Waals surface area contributed by atoms with Crippen LogP contribution in [0, 0.1) is 17.3 Å². The van der Waals surface area contributed by atoms with Crippen LogP contribution in [0.15, 0.2) is 12.2 Å². The van der Waals surface area contributed by atoms with Crippen molar-refractivity contribution in [1.82, 2.24) is 0 Å². The van der Waals surface area contributed by atoms with Crippen LogP contribution in [0.25, 0.3) is 0 Å². The first-order chi connectivity index (χ1) is 10.7. The van der Waals surface area contributed by atoms with Gasteiger partial charge in [0.2, 0.25) is 0 Å². The molecule has 23 heavy (non-hydrogen) atoms. The molecule has 0 aliphatic heterocycles. The van der Waals surface area contributed by atoms with Gasteiger partial charge in [0.1, 0.15) is 5.60 Å². The van der Waals surface area contributed by atoms with Gasteiger partial charge in [-0.1, -0.05) is 13.5 Å². The molecule has 2 unspecified atom stereocenters. The molecule has 4 fully saturated rings. The first kappa shape index (κ1) is 17.0. The van der Waals surface area contributed by atoms with Gasteiger partial charge < -0.3 is 4.74 Å². The third-order valence-corrected chi connectivity index (χ3v) is 7.91. The number of esters is 1. The Hall–Kier alpha value is -0.840. The molecule has 0 aromatic rings. The van der Waals surface area contributed by atoms with Gasteiger partial charge in [-0.05, 0) is 69.1 Å². The number of sulfone groups is 1. The normalized spacial score (nSPS) is 38.5. The third-order valence-electron chi connectivity index (χ3n) is 5.83. The van der Waals surface area contributed by atoms with E-state index < -0.39 is 15.4 Å². The molecule has 2 atom stereocenters. The predicted molar refractivity (Wildman–Crippen MR) is 89.7 cm³/mol. The van der Waals surface area contributed by atoms with Crippen molar-refractivity contribution < 1.29 is 17.9 Å². The Morgan fingerprint density at radius 2 is 1.83 bits per heavy atom. The highest BCUT2D eigenvalue weighted by Crippen LogP contribution is 2.63. The summed E-state index contributed by atoms with van der Waals surface area (Å²) >= 11 is 0. The van der Waals surface area contributed by atoms with E-state index in [0.717, 1.165) is 32.1 Å². The van der Waals surface area contributed by atoms with Crippen molar-refractivity contribution in [2.75, 3.05) is 11.5 Å². The van der Waals surface area contributed by atoms with Crippen LogP contribution >= 0.6 is 0 Å². The summed E-state index contributed by atoms with van der Waals surface area (Å²) in [6.07, 6.45) is 6.33. The highest BCUT2D eigenvalue weighted by atomic mass is 32.2. The van der Waals surface area contributed by atoms with E-state index in [2.05, 4.69) is 6.58 Å². The molecule has 4 rings (SSSR count). The number of carbonyl (C=O) groups is 1. The molecule has 0 aromatic heterocycles. The lowest BCUT2D eigenvalue weighted by Gasteiger charge is -2.61. The van der Waals surface area contributed by atoms with Crippen LogP contribution in [-0.4, -0.2) is 31.5 Å². The van der Waals surface area contributed by atoms with Gasteiger partial charge >= 0.3 is 5.97 Å². The van der Waals surface area contributed by atoms with Gasteiger partial charge in [0.05, 0.1) is 5.75 Å². The summed E-state index contributed by atoms with van der Waals surface area (Å²) in [5, 5.41) is 0. The lowest BCUT2D eigenvalue weighted by Crippen LogP contribution is -2.59. The molecule has 0 N–H and O–H groups in total. The van der Waals surface area contributed by atoms with Gasteiger partial charge in [0.15, 0.2) is 9.84 Å². The lowest BCUT2D eigenvalue weighted by atomic mass is 9.48. The van der Waals surface area contributed by atoms with Crippen LogP contribution in [0.4, 0.5) is 0 Å². The minimum Gasteiger partial charge on any atom is -0.456 e. The number of hydrogen-bond donors (Lipinski definition) is 0. The topological polar surface area (TPSA) is 60.4 Å². The van der Waals surface area contributed by atoms with Crippen LogP contribution in [0.2, 0.25) is 0 Å². The quantitative estimate of drug-likeness (QED) is 0.550. The number of hydrogen-bond acceptors (Lipinski definition) is 4. The minimum absolute atomic E-state index is 0.173. The van der Waals surface area contributed by atoms with E-state index in [9.17, 15) is 13.2 Å². The number of carbonyl (C=O) groups excluding carboxylic acids is 1. The Labute approximate surface area is 139 Å². The molecule has 0 radical (unpaired) electrons. The molecule has 0 saturated heterocycles. The maximum atomic E-state index is 12.4. The summed E-state index contributed by atoms with van der Waals surface area (Å²) in [4.78, 5) is 12.1. The Balaban J connectivity index is 1.84. The number of ether oxygens (including phenoxy) is 1. The highest BCUT2D eigenvalue weighted by Gasteiger charge is 2.60. The molecule has 130 valence electrons. The molecule has 4 bridgehead atoms. The van der Waals surface area contributed by atoms with Crippen molar-refractivity contribution in [2.24, 2.45) is 17.3 Å². The fourth-order valence-electron chi connectivity index (χ4n) is 5.79.